The van der Waals surface area contributed by atoms with E-state index in [1.165, 1.54) is 11.0 Å². The van der Waals surface area contributed by atoms with Crippen LogP contribution in [0.1, 0.15) is 43.7 Å². The first kappa shape index (κ1) is 25.0. The first-order chi connectivity index (χ1) is 17.4. The van der Waals surface area contributed by atoms with E-state index in [1.54, 1.807) is 31.2 Å². The van der Waals surface area contributed by atoms with Crippen molar-refractivity contribution in [2.75, 3.05) is 12.4 Å². The summed E-state index contributed by atoms with van der Waals surface area (Å²) >= 11 is 0. The molecule has 10 nitrogen and oxygen atoms in total. The van der Waals surface area contributed by atoms with Crippen molar-refractivity contribution >= 4 is 11.7 Å². The van der Waals surface area contributed by atoms with E-state index < -0.39 is 17.3 Å². The van der Waals surface area contributed by atoms with Crippen LogP contribution in [0.25, 0.3) is 0 Å². The summed E-state index contributed by atoms with van der Waals surface area (Å²) in [5, 5.41) is 0. The van der Waals surface area contributed by atoms with Gasteiger partial charge in [-0.2, -0.15) is 4.68 Å². The summed E-state index contributed by atoms with van der Waals surface area (Å²) in [4.78, 5) is 42.8. The number of rotatable bonds is 9. The molecule has 0 radical (unpaired) electrons. The molecular formula is C26H31N5O5. The van der Waals surface area contributed by atoms with Crippen LogP contribution in [0.2, 0.25) is 0 Å². The summed E-state index contributed by atoms with van der Waals surface area (Å²) in [6.07, 6.45) is 3.40. The van der Waals surface area contributed by atoms with Crippen molar-refractivity contribution in [3.63, 3.8) is 0 Å². The van der Waals surface area contributed by atoms with Gasteiger partial charge in [0.1, 0.15) is 5.75 Å². The number of benzene rings is 2. The van der Waals surface area contributed by atoms with Gasteiger partial charge in [-0.05, 0) is 62.9 Å². The Morgan fingerprint density at radius 2 is 1.72 bits per heavy atom. The number of aromatic nitrogens is 3. The average Bonchev–Trinajstić information content (AvgIpc) is 2.84. The molecule has 36 heavy (non-hydrogen) atoms. The Hall–Kier alpha value is -4.08. The minimum absolute atomic E-state index is 0.00868. The van der Waals surface area contributed by atoms with Crippen LogP contribution >= 0.6 is 0 Å². The van der Waals surface area contributed by atoms with Gasteiger partial charge in [0.2, 0.25) is 5.62 Å². The number of nitrogens with zero attached hydrogens (tertiary/aromatic N) is 4. The minimum Gasteiger partial charge on any atom is -0.490 e. The average molecular weight is 494 g/mol. The molecule has 1 heterocycles. The van der Waals surface area contributed by atoms with Gasteiger partial charge in [0.25, 0.3) is 0 Å². The largest absolute Gasteiger partial charge is 0.490 e. The van der Waals surface area contributed by atoms with Gasteiger partial charge in [0.05, 0.1) is 31.4 Å². The van der Waals surface area contributed by atoms with Gasteiger partial charge in [0, 0.05) is 6.54 Å². The Labute approximate surface area is 208 Å². The first-order valence-electron chi connectivity index (χ1n) is 12.1. The van der Waals surface area contributed by atoms with E-state index in [0.717, 1.165) is 39.0 Å². The zero-order valence-electron chi connectivity index (χ0n) is 20.6. The number of ether oxygens (including phenoxy) is 2. The predicted octanol–water partition coefficient (Wildman–Crippen LogP) is 2.00. The molecule has 2 N–H and O–H groups in total. The predicted molar refractivity (Wildman–Crippen MR) is 135 cm³/mol. The lowest BCUT2D eigenvalue weighted by molar-refractivity contribution is -0.143. The molecule has 1 aliphatic rings. The Morgan fingerprint density at radius 1 is 1.03 bits per heavy atom. The van der Waals surface area contributed by atoms with Crippen molar-refractivity contribution in [3.05, 3.63) is 86.2 Å². The molecule has 0 amide bonds. The Balaban J connectivity index is 1.75. The maximum absolute atomic E-state index is 13.4. The monoisotopic (exact) mass is 493 g/mol. The summed E-state index contributed by atoms with van der Waals surface area (Å²) in [7, 11) is 0. The number of aryl methyl sites for hydroxylation is 1. The van der Waals surface area contributed by atoms with Crippen LogP contribution in [-0.4, -0.2) is 32.5 Å². The number of hydrogen-bond donors (Lipinski definition) is 1. The lowest BCUT2D eigenvalue weighted by Crippen LogP contribution is -2.57. The molecule has 0 saturated heterocycles. The summed E-state index contributed by atoms with van der Waals surface area (Å²) in [5.41, 5.74) is 1.03. The highest BCUT2D eigenvalue weighted by molar-refractivity contribution is 5.69. The number of carbonyl (C=O) groups is 1. The third kappa shape index (κ3) is 5.76. The minimum atomic E-state index is -0.770. The Bertz CT molecular complexity index is 1400. The van der Waals surface area contributed by atoms with Gasteiger partial charge >= 0.3 is 17.3 Å². The summed E-state index contributed by atoms with van der Waals surface area (Å²) in [5.74, 6) is 6.39. The third-order valence-corrected chi connectivity index (χ3v) is 6.08. The second-order valence-electron chi connectivity index (χ2n) is 8.79. The van der Waals surface area contributed by atoms with Gasteiger partial charge < -0.3 is 15.3 Å². The van der Waals surface area contributed by atoms with E-state index in [1.807, 2.05) is 31.2 Å². The van der Waals surface area contributed by atoms with Gasteiger partial charge in [0.15, 0.2) is 0 Å². The van der Waals surface area contributed by atoms with Gasteiger partial charge in [-0.25, -0.2) is 19.1 Å². The molecule has 1 saturated carbocycles. The van der Waals surface area contributed by atoms with E-state index in [2.05, 4.69) is 4.99 Å². The topological polar surface area (TPSA) is 123 Å². The van der Waals surface area contributed by atoms with Crippen LogP contribution < -0.4 is 27.6 Å². The standard InChI is InChI=1S/C26H31N5O5/c1-3-35-23(32)15-16-29-25(33)30(17-19-9-7-18(2)8-10-19)24(31(27)26(29)34)28-20-11-13-22(14-12-20)36-21-5-4-6-21/h7-14,21H,3-6,15-17,27H2,1-2H3. The van der Waals surface area contributed by atoms with E-state index in [0.29, 0.717) is 5.69 Å². The highest BCUT2D eigenvalue weighted by Gasteiger charge is 2.19. The second-order valence-corrected chi connectivity index (χ2v) is 8.79. The molecule has 1 aromatic heterocycles. The van der Waals surface area contributed by atoms with Crippen molar-refractivity contribution in [1.82, 2.24) is 13.8 Å². The smallest absolute Gasteiger partial charge is 0.353 e. The number of nitrogens with two attached hydrogens (primary N) is 1. The molecule has 3 aromatic rings. The molecule has 2 aromatic carbocycles. The highest BCUT2D eigenvalue weighted by atomic mass is 16.5. The SMILES string of the molecule is CCOC(=O)CCn1c(=O)n(N)c(=Nc2ccc(OC3CCC3)cc2)n(Cc2ccc(C)cc2)c1=O. The third-order valence-electron chi connectivity index (χ3n) is 6.08. The van der Waals surface area contributed by atoms with Crippen molar-refractivity contribution in [2.45, 2.75) is 58.7 Å². The molecule has 190 valence electrons. The zero-order valence-corrected chi connectivity index (χ0v) is 20.6. The summed E-state index contributed by atoms with van der Waals surface area (Å²) < 4.78 is 13.9. The Kier molecular flexibility index (Phi) is 7.72. The summed E-state index contributed by atoms with van der Waals surface area (Å²) in [6, 6.07) is 14.8. The number of hydrogen-bond acceptors (Lipinski definition) is 7. The van der Waals surface area contributed by atoms with Crippen LogP contribution in [0.4, 0.5) is 5.69 Å². The number of nitrogen functional groups attached to an aromatic ring is 1. The van der Waals surface area contributed by atoms with Crippen LogP contribution in [0.15, 0.2) is 63.1 Å². The molecule has 0 spiro atoms. The zero-order chi connectivity index (χ0) is 25.7. The van der Waals surface area contributed by atoms with Crippen LogP contribution in [-0.2, 0) is 22.6 Å². The van der Waals surface area contributed by atoms with Gasteiger partial charge in [-0.15, -0.1) is 0 Å². The fourth-order valence-electron chi connectivity index (χ4n) is 3.81. The van der Waals surface area contributed by atoms with Crippen molar-refractivity contribution in [1.29, 1.82) is 0 Å². The molecule has 4 rings (SSSR count). The van der Waals surface area contributed by atoms with E-state index in [-0.39, 0.29) is 37.8 Å². The lowest BCUT2D eigenvalue weighted by atomic mass is 9.96. The quantitative estimate of drug-likeness (QED) is 0.359. The molecule has 10 heteroatoms. The fraction of sp³-hybridized carbons (Fsp3) is 0.385. The Morgan fingerprint density at radius 3 is 2.33 bits per heavy atom. The van der Waals surface area contributed by atoms with Gasteiger partial charge in [-0.1, -0.05) is 29.8 Å². The lowest BCUT2D eigenvalue weighted by Gasteiger charge is -2.26. The summed E-state index contributed by atoms with van der Waals surface area (Å²) in [6.45, 7) is 3.85. The van der Waals surface area contributed by atoms with E-state index in [4.69, 9.17) is 15.3 Å². The number of carbonyl (C=O) groups excluding carboxylic acids is 1. The molecular weight excluding hydrogens is 462 g/mol. The van der Waals surface area contributed by atoms with Crippen LogP contribution in [0.5, 0.6) is 5.75 Å². The van der Waals surface area contributed by atoms with Crippen molar-refractivity contribution in [3.8, 4) is 5.75 Å². The van der Waals surface area contributed by atoms with E-state index in [9.17, 15) is 14.4 Å². The highest BCUT2D eigenvalue weighted by Crippen LogP contribution is 2.26. The molecule has 0 aliphatic heterocycles. The molecule has 1 fully saturated rings. The van der Waals surface area contributed by atoms with Crippen molar-refractivity contribution in [2.24, 2.45) is 4.99 Å². The second kappa shape index (κ2) is 11.1. The number of esters is 1. The molecule has 0 bridgehead atoms. The molecule has 0 unspecified atom stereocenters. The molecule has 1 aliphatic carbocycles. The van der Waals surface area contributed by atoms with Crippen molar-refractivity contribution < 1.29 is 14.3 Å². The van der Waals surface area contributed by atoms with Crippen LogP contribution in [0, 0.1) is 6.92 Å². The van der Waals surface area contributed by atoms with Crippen LogP contribution in [0.3, 0.4) is 0 Å². The fourth-order valence-corrected chi connectivity index (χ4v) is 3.81. The molecule has 0 atom stereocenters. The van der Waals surface area contributed by atoms with E-state index >= 15 is 0 Å². The normalized spacial score (nSPS) is 13.9. The van der Waals surface area contributed by atoms with Gasteiger partial charge in [-0.3, -0.25) is 9.36 Å². The maximum Gasteiger partial charge on any atom is 0.353 e. The maximum atomic E-state index is 13.4. The first-order valence-corrected chi connectivity index (χ1v) is 12.1.